The third-order valence-electron chi connectivity index (χ3n) is 6.71. The number of hydrazone groups is 1. The average Bonchev–Trinajstić information content (AvgIpc) is 3.12. The lowest BCUT2D eigenvalue weighted by Crippen LogP contribution is -2.61. The first-order valence-electron chi connectivity index (χ1n) is 12.4. The lowest BCUT2D eigenvalue weighted by molar-refractivity contribution is -0.143. The number of ether oxygens (including phenoxy) is 1. The molecule has 1 aromatic heterocycles. The Morgan fingerprint density at radius 1 is 1.19 bits per heavy atom. The molecule has 0 unspecified atom stereocenters. The second-order valence-electron chi connectivity index (χ2n) is 10.2. The fourth-order valence-corrected chi connectivity index (χ4v) is 4.69. The Labute approximate surface area is 216 Å². The van der Waals surface area contributed by atoms with Crippen LogP contribution in [0.25, 0.3) is 0 Å². The highest BCUT2D eigenvalue weighted by Crippen LogP contribution is 2.38. The van der Waals surface area contributed by atoms with Crippen molar-refractivity contribution in [3.63, 3.8) is 0 Å². The van der Waals surface area contributed by atoms with Crippen molar-refractivity contribution in [3.05, 3.63) is 66.0 Å². The van der Waals surface area contributed by atoms with Gasteiger partial charge in [0.1, 0.15) is 11.5 Å². The summed E-state index contributed by atoms with van der Waals surface area (Å²) >= 11 is 0. The molecule has 0 aliphatic carbocycles. The molecule has 196 valence electrons. The summed E-state index contributed by atoms with van der Waals surface area (Å²) in [4.78, 5) is 45.9. The molecule has 3 amide bonds. The predicted molar refractivity (Wildman–Crippen MR) is 138 cm³/mol. The third-order valence-corrected chi connectivity index (χ3v) is 6.71. The first-order chi connectivity index (χ1) is 17.6. The summed E-state index contributed by atoms with van der Waals surface area (Å²) in [6.45, 7) is 3.92. The van der Waals surface area contributed by atoms with Crippen molar-refractivity contribution in [1.29, 1.82) is 0 Å². The molecule has 1 aromatic carbocycles. The highest BCUT2D eigenvalue weighted by Gasteiger charge is 2.54. The number of carbonyl (C=O) groups is 3. The summed E-state index contributed by atoms with van der Waals surface area (Å²) < 4.78 is 5.84. The summed E-state index contributed by atoms with van der Waals surface area (Å²) in [6.07, 6.45) is 2.46. The number of rotatable bonds is 9. The minimum Gasteiger partial charge on any atom is -0.374 e. The zero-order valence-electron chi connectivity index (χ0n) is 21.5. The number of likely N-dealkylation sites (tertiary alicyclic amines) is 1. The Hall–Kier alpha value is -3.63. The lowest BCUT2D eigenvalue weighted by atomic mass is 9.74. The van der Waals surface area contributed by atoms with Crippen molar-refractivity contribution in [2.75, 3.05) is 26.7 Å². The van der Waals surface area contributed by atoms with Gasteiger partial charge in [-0.2, -0.15) is 5.10 Å². The number of amides is 3. The Balaban J connectivity index is 1.54. The van der Waals surface area contributed by atoms with Crippen LogP contribution in [0.1, 0.15) is 31.5 Å². The summed E-state index contributed by atoms with van der Waals surface area (Å²) in [5.41, 5.74) is 6.26. The second-order valence-corrected chi connectivity index (χ2v) is 10.2. The number of fused-ring (bicyclic) bond motifs is 1. The molecule has 1 saturated heterocycles. The van der Waals surface area contributed by atoms with Crippen LogP contribution < -0.4 is 11.1 Å². The molecular formula is C27H34N6O4. The van der Waals surface area contributed by atoms with Crippen LogP contribution in [-0.2, 0) is 32.1 Å². The maximum Gasteiger partial charge on any atom is 0.256 e. The summed E-state index contributed by atoms with van der Waals surface area (Å²) in [5.74, 6) is -0.963. The highest BCUT2D eigenvalue weighted by molar-refractivity contribution is 6.13. The standard InChI is InChI=1S/C27H34N6O4/c1-26(2,28)24(35)30-21(17-37-16-19-9-5-4-6-10-19)23(34)33-14-12-22-27(18-33,25(36)32(3)31-22)15-20-11-7-8-13-29-20/h4-11,13,21H,12,14-18,28H2,1-3H3,(H,30,35)/t21-,27-/m1/s1. The van der Waals surface area contributed by atoms with E-state index in [9.17, 15) is 14.4 Å². The third kappa shape index (κ3) is 5.86. The minimum absolute atomic E-state index is 0.0336. The number of piperidine rings is 1. The van der Waals surface area contributed by atoms with Gasteiger partial charge in [0.25, 0.3) is 5.91 Å². The van der Waals surface area contributed by atoms with Crippen LogP contribution in [0.4, 0.5) is 0 Å². The van der Waals surface area contributed by atoms with Crippen LogP contribution in [-0.4, -0.2) is 76.7 Å². The number of carbonyl (C=O) groups excluding carboxylic acids is 3. The zero-order chi connectivity index (χ0) is 26.6. The van der Waals surface area contributed by atoms with Crippen molar-refractivity contribution in [2.24, 2.45) is 16.3 Å². The van der Waals surface area contributed by atoms with E-state index in [0.29, 0.717) is 19.4 Å². The molecule has 10 heteroatoms. The zero-order valence-corrected chi connectivity index (χ0v) is 21.5. The van der Waals surface area contributed by atoms with Gasteiger partial charge < -0.3 is 20.7 Å². The molecule has 37 heavy (non-hydrogen) atoms. The monoisotopic (exact) mass is 506 g/mol. The molecule has 1 fully saturated rings. The minimum atomic E-state index is -1.18. The molecule has 0 saturated carbocycles. The molecule has 3 N–H and O–H groups in total. The van der Waals surface area contributed by atoms with Crippen molar-refractivity contribution in [1.82, 2.24) is 20.2 Å². The highest BCUT2D eigenvalue weighted by atomic mass is 16.5. The van der Waals surface area contributed by atoms with Gasteiger partial charge >= 0.3 is 0 Å². The van der Waals surface area contributed by atoms with Gasteiger partial charge in [-0.1, -0.05) is 36.4 Å². The number of nitrogens with one attached hydrogen (secondary N) is 1. The topological polar surface area (TPSA) is 130 Å². The van der Waals surface area contributed by atoms with Gasteiger partial charge in [-0.05, 0) is 31.5 Å². The molecular weight excluding hydrogens is 472 g/mol. The first-order valence-corrected chi connectivity index (χ1v) is 12.4. The van der Waals surface area contributed by atoms with Crippen LogP contribution in [0.15, 0.2) is 59.8 Å². The lowest BCUT2D eigenvalue weighted by Gasteiger charge is -2.40. The molecule has 2 aromatic rings. The van der Waals surface area contributed by atoms with Crippen molar-refractivity contribution < 1.29 is 19.1 Å². The summed E-state index contributed by atoms with van der Waals surface area (Å²) in [7, 11) is 1.63. The number of hydrogen-bond acceptors (Lipinski definition) is 7. The van der Waals surface area contributed by atoms with Crippen LogP contribution in [0, 0.1) is 5.41 Å². The van der Waals surface area contributed by atoms with E-state index in [4.69, 9.17) is 10.5 Å². The fourth-order valence-electron chi connectivity index (χ4n) is 4.69. The predicted octanol–water partition coefficient (Wildman–Crippen LogP) is 1.11. The quantitative estimate of drug-likeness (QED) is 0.524. The number of pyridine rings is 1. The van der Waals surface area contributed by atoms with Gasteiger partial charge in [-0.15, -0.1) is 0 Å². The summed E-state index contributed by atoms with van der Waals surface area (Å²) in [5, 5.41) is 8.60. The number of hydrogen-bond donors (Lipinski definition) is 2. The van der Waals surface area contributed by atoms with E-state index in [-0.39, 0.29) is 31.6 Å². The fraction of sp³-hybridized carbons (Fsp3) is 0.444. The van der Waals surface area contributed by atoms with Gasteiger partial charge in [0.15, 0.2) is 0 Å². The Morgan fingerprint density at radius 3 is 2.59 bits per heavy atom. The Kier molecular flexibility index (Phi) is 7.70. The summed E-state index contributed by atoms with van der Waals surface area (Å²) in [6, 6.07) is 14.2. The maximum atomic E-state index is 13.8. The first kappa shape index (κ1) is 26.4. The normalized spacial score (nSPS) is 20.3. The molecule has 0 bridgehead atoms. The van der Waals surface area contributed by atoms with Crippen LogP contribution in [0.2, 0.25) is 0 Å². The molecule has 2 atom stereocenters. The number of nitrogens with two attached hydrogens (primary N) is 1. The average molecular weight is 507 g/mol. The van der Waals surface area contributed by atoms with E-state index in [1.54, 1.807) is 32.0 Å². The van der Waals surface area contributed by atoms with E-state index in [1.807, 2.05) is 48.5 Å². The Bertz CT molecular complexity index is 1160. The van der Waals surface area contributed by atoms with Crippen LogP contribution in [0.3, 0.4) is 0 Å². The molecule has 3 heterocycles. The molecule has 4 rings (SSSR count). The van der Waals surface area contributed by atoms with Crippen molar-refractivity contribution in [3.8, 4) is 0 Å². The molecule has 0 spiro atoms. The Morgan fingerprint density at radius 2 is 1.92 bits per heavy atom. The molecule has 2 aliphatic rings. The number of nitrogens with zero attached hydrogens (tertiary/aromatic N) is 4. The van der Waals surface area contributed by atoms with Gasteiger partial charge in [0, 0.05) is 44.9 Å². The number of aromatic nitrogens is 1. The second kappa shape index (κ2) is 10.8. The van der Waals surface area contributed by atoms with Crippen molar-refractivity contribution >= 4 is 23.4 Å². The van der Waals surface area contributed by atoms with Gasteiger partial charge in [0.2, 0.25) is 11.8 Å². The van der Waals surface area contributed by atoms with E-state index in [2.05, 4.69) is 15.4 Å². The van der Waals surface area contributed by atoms with Gasteiger partial charge in [-0.3, -0.25) is 19.4 Å². The van der Waals surface area contributed by atoms with E-state index < -0.39 is 22.9 Å². The van der Waals surface area contributed by atoms with Gasteiger partial charge in [0.05, 0.1) is 24.5 Å². The largest absolute Gasteiger partial charge is 0.374 e. The molecule has 0 radical (unpaired) electrons. The van der Waals surface area contributed by atoms with Crippen LogP contribution >= 0.6 is 0 Å². The molecule has 2 aliphatic heterocycles. The van der Waals surface area contributed by atoms with E-state index in [1.165, 1.54) is 5.01 Å². The smallest absolute Gasteiger partial charge is 0.256 e. The van der Waals surface area contributed by atoms with Crippen LogP contribution in [0.5, 0.6) is 0 Å². The van der Waals surface area contributed by atoms with Gasteiger partial charge in [-0.25, -0.2) is 5.01 Å². The SMILES string of the molecule is CN1N=C2CCN(C(=O)[C@@H](COCc3ccccc3)NC(=O)C(C)(C)N)C[C@@]2(Cc2ccccn2)C1=O. The number of benzene rings is 1. The van der Waals surface area contributed by atoms with E-state index >= 15 is 0 Å². The van der Waals surface area contributed by atoms with E-state index in [0.717, 1.165) is 17.0 Å². The molecule has 10 nitrogen and oxygen atoms in total. The maximum absolute atomic E-state index is 13.8. The van der Waals surface area contributed by atoms with Crippen molar-refractivity contribution in [2.45, 2.75) is 44.9 Å².